The van der Waals surface area contributed by atoms with Crippen LogP contribution in [0.15, 0.2) is 66.7 Å². The SMILES string of the molecule is COc1cc(/C=C/C(=O)Nc2ccc(C(=O)N3CCc4ccccc43)cc2)cc(OC)c1OC. The van der Waals surface area contributed by atoms with E-state index < -0.39 is 0 Å². The summed E-state index contributed by atoms with van der Waals surface area (Å²) < 4.78 is 16.0. The van der Waals surface area contributed by atoms with Gasteiger partial charge in [0.25, 0.3) is 5.91 Å². The molecule has 0 fully saturated rings. The lowest BCUT2D eigenvalue weighted by Gasteiger charge is -2.17. The number of anilines is 2. The van der Waals surface area contributed by atoms with Crippen molar-refractivity contribution in [2.24, 2.45) is 0 Å². The van der Waals surface area contributed by atoms with Crippen molar-refractivity contribution in [1.29, 1.82) is 0 Å². The number of carbonyl (C=O) groups is 2. The molecule has 7 nitrogen and oxygen atoms in total. The van der Waals surface area contributed by atoms with E-state index in [1.807, 2.05) is 24.3 Å². The lowest BCUT2D eigenvalue weighted by atomic mass is 10.1. The van der Waals surface area contributed by atoms with Gasteiger partial charge in [-0.3, -0.25) is 9.59 Å². The van der Waals surface area contributed by atoms with Crippen LogP contribution in [0.1, 0.15) is 21.5 Å². The number of methoxy groups -OCH3 is 3. The van der Waals surface area contributed by atoms with Crippen molar-refractivity contribution in [3.05, 3.63) is 83.4 Å². The van der Waals surface area contributed by atoms with Gasteiger partial charge in [0.15, 0.2) is 11.5 Å². The van der Waals surface area contributed by atoms with Crippen LogP contribution in [0.2, 0.25) is 0 Å². The third kappa shape index (κ3) is 4.73. The second-order valence-electron chi connectivity index (χ2n) is 7.69. The van der Waals surface area contributed by atoms with Gasteiger partial charge in [0.1, 0.15) is 0 Å². The van der Waals surface area contributed by atoms with Crippen LogP contribution < -0.4 is 24.4 Å². The molecule has 1 heterocycles. The minimum absolute atomic E-state index is 0.0508. The molecule has 0 spiro atoms. The topological polar surface area (TPSA) is 77.1 Å². The molecule has 34 heavy (non-hydrogen) atoms. The van der Waals surface area contributed by atoms with E-state index in [-0.39, 0.29) is 11.8 Å². The van der Waals surface area contributed by atoms with E-state index in [1.165, 1.54) is 33.0 Å². The molecule has 1 N–H and O–H groups in total. The van der Waals surface area contributed by atoms with Crippen LogP contribution >= 0.6 is 0 Å². The van der Waals surface area contributed by atoms with Crippen molar-refractivity contribution < 1.29 is 23.8 Å². The second-order valence-corrected chi connectivity index (χ2v) is 7.69. The number of amides is 2. The predicted molar refractivity (Wildman–Crippen MR) is 132 cm³/mol. The average molecular weight is 459 g/mol. The number of carbonyl (C=O) groups excluding carboxylic acids is 2. The maximum atomic E-state index is 13.0. The van der Waals surface area contributed by atoms with Gasteiger partial charge in [-0.1, -0.05) is 18.2 Å². The summed E-state index contributed by atoms with van der Waals surface area (Å²) in [6.45, 7) is 0.669. The number of nitrogens with zero attached hydrogens (tertiary/aromatic N) is 1. The van der Waals surface area contributed by atoms with E-state index in [9.17, 15) is 9.59 Å². The predicted octanol–water partition coefficient (Wildman–Crippen LogP) is 4.57. The van der Waals surface area contributed by atoms with Crippen LogP contribution in [0.5, 0.6) is 17.2 Å². The fourth-order valence-corrected chi connectivity index (χ4v) is 3.95. The van der Waals surface area contributed by atoms with E-state index >= 15 is 0 Å². The molecule has 0 saturated carbocycles. The van der Waals surface area contributed by atoms with Crippen molar-refractivity contribution in [3.8, 4) is 17.2 Å². The summed E-state index contributed by atoms with van der Waals surface area (Å²) in [5, 5.41) is 2.81. The molecule has 0 atom stereocenters. The molecule has 0 saturated heterocycles. The largest absolute Gasteiger partial charge is 0.493 e. The van der Waals surface area contributed by atoms with Gasteiger partial charge in [-0.25, -0.2) is 0 Å². The molecule has 174 valence electrons. The Hall–Kier alpha value is -4.26. The zero-order valence-corrected chi connectivity index (χ0v) is 19.3. The molecular formula is C27H26N2O5. The van der Waals surface area contributed by atoms with Gasteiger partial charge in [-0.2, -0.15) is 0 Å². The Kier molecular flexibility index (Phi) is 6.82. The Morgan fingerprint density at radius 3 is 2.24 bits per heavy atom. The summed E-state index contributed by atoms with van der Waals surface area (Å²) in [6, 6.07) is 18.3. The van der Waals surface area contributed by atoms with Crippen molar-refractivity contribution in [2.45, 2.75) is 6.42 Å². The number of hydrogen-bond donors (Lipinski definition) is 1. The number of rotatable bonds is 7. The van der Waals surface area contributed by atoms with Gasteiger partial charge in [-0.15, -0.1) is 0 Å². The van der Waals surface area contributed by atoms with Crippen LogP contribution in [0.3, 0.4) is 0 Å². The molecule has 3 aromatic carbocycles. The maximum Gasteiger partial charge on any atom is 0.258 e. The quantitative estimate of drug-likeness (QED) is 0.525. The summed E-state index contributed by atoms with van der Waals surface area (Å²) in [5.41, 5.74) is 4.03. The maximum absolute atomic E-state index is 13.0. The number of para-hydroxylation sites is 1. The highest BCUT2D eigenvalue weighted by atomic mass is 16.5. The Balaban J connectivity index is 1.42. The molecule has 3 aromatic rings. The van der Waals surface area contributed by atoms with Gasteiger partial charge < -0.3 is 24.4 Å². The molecule has 0 bridgehead atoms. The van der Waals surface area contributed by atoms with Crippen molar-refractivity contribution >= 4 is 29.3 Å². The third-order valence-electron chi connectivity index (χ3n) is 5.65. The number of benzene rings is 3. The zero-order chi connectivity index (χ0) is 24.1. The highest BCUT2D eigenvalue weighted by Gasteiger charge is 2.25. The van der Waals surface area contributed by atoms with E-state index in [4.69, 9.17) is 14.2 Å². The minimum atomic E-state index is -0.304. The lowest BCUT2D eigenvalue weighted by molar-refractivity contribution is -0.111. The first-order chi connectivity index (χ1) is 16.5. The van der Waals surface area contributed by atoms with E-state index in [2.05, 4.69) is 5.32 Å². The normalized spacial score (nSPS) is 12.4. The fourth-order valence-electron chi connectivity index (χ4n) is 3.95. The molecule has 0 unspecified atom stereocenters. The Morgan fingerprint density at radius 1 is 0.912 bits per heavy atom. The molecule has 2 amide bonds. The second kappa shape index (κ2) is 10.1. The molecular weight excluding hydrogens is 432 g/mol. The molecule has 7 heteroatoms. The van der Waals surface area contributed by atoms with Gasteiger partial charge in [-0.05, 0) is 66.1 Å². The monoisotopic (exact) mass is 458 g/mol. The van der Waals surface area contributed by atoms with Crippen LogP contribution in [-0.2, 0) is 11.2 Å². The average Bonchev–Trinajstić information content (AvgIpc) is 3.31. The number of fused-ring (bicyclic) bond motifs is 1. The number of nitrogens with one attached hydrogen (secondary N) is 1. The molecule has 1 aliphatic rings. The summed E-state index contributed by atoms with van der Waals surface area (Å²) in [6.07, 6.45) is 3.93. The van der Waals surface area contributed by atoms with Gasteiger partial charge in [0.2, 0.25) is 11.7 Å². The van der Waals surface area contributed by atoms with Crippen LogP contribution in [0.25, 0.3) is 6.08 Å². The minimum Gasteiger partial charge on any atom is -0.493 e. The fraction of sp³-hybridized carbons (Fsp3) is 0.185. The Bertz CT molecular complexity index is 1210. The van der Waals surface area contributed by atoms with Gasteiger partial charge in [0, 0.05) is 29.6 Å². The highest BCUT2D eigenvalue weighted by molar-refractivity contribution is 6.08. The first-order valence-corrected chi connectivity index (χ1v) is 10.8. The Labute approximate surface area is 198 Å². The third-order valence-corrected chi connectivity index (χ3v) is 5.65. The highest BCUT2D eigenvalue weighted by Crippen LogP contribution is 2.38. The van der Waals surface area contributed by atoms with Crippen LogP contribution in [0.4, 0.5) is 11.4 Å². The smallest absolute Gasteiger partial charge is 0.258 e. The summed E-state index contributed by atoms with van der Waals surface area (Å²) >= 11 is 0. The molecule has 0 aliphatic carbocycles. The summed E-state index contributed by atoms with van der Waals surface area (Å²) in [5.74, 6) is 1.13. The molecule has 0 radical (unpaired) electrons. The molecule has 1 aliphatic heterocycles. The first kappa shape index (κ1) is 22.9. The van der Waals surface area contributed by atoms with E-state index in [0.717, 1.165) is 17.7 Å². The van der Waals surface area contributed by atoms with Crippen molar-refractivity contribution in [1.82, 2.24) is 0 Å². The molecule has 4 rings (SSSR count). The summed E-state index contributed by atoms with van der Waals surface area (Å²) in [4.78, 5) is 27.2. The van der Waals surface area contributed by atoms with Crippen LogP contribution in [-0.4, -0.2) is 39.7 Å². The van der Waals surface area contributed by atoms with Gasteiger partial charge >= 0.3 is 0 Å². The van der Waals surface area contributed by atoms with Crippen LogP contribution in [0, 0.1) is 0 Å². The summed E-state index contributed by atoms with van der Waals surface area (Å²) in [7, 11) is 4.61. The Morgan fingerprint density at radius 2 is 1.59 bits per heavy atom. The zero-order valence-electron chi connectivity index (χ0n) is 19.3. The first-order valence-electron chi connectivity index (χ1n) is 10.8. The number of hydrogen-bond acceptors (Lipinski definition) is 5. The number of ether oxygens (including phenoxy) is 3. The molecule has 0 aromatic heterocycles. The lowest BCUT2D eigenvalue weighted by Crippen LogP contribution is -2.28. The standard InChI is InChI=1S/C27H26N2O5/c1-32-23-16-18(17-24(33-2)26(23)34-3)8-13-25(30)28-21-11-9-20(10-12-21)27(31)29-15-14-19-6-4-5-7-22(19)29/h4-13,16-17H,14-15H2,1-3H3,(H,28,30)/b13-8+. The van der Waals surface area contributed by atoms with E-state index in [1.54, 1.807) is 47.4 Å². The van der Waals surface area contributed by atoms with Crippen molar-refractivity contribution in [3.63, 3.8) is 0 Å². The van der Waals surface area contributed by atoms with E-state index in [0.29, 0.717) is 35.0 Å². The van der Waals surface area contributed by atoms with Crippen molar-refractivity contribution in [2.75, 3.05) is 38.1 Å². The van der Waals surface area contributed by atoms with Gasteiger partial charge in [0.05, 0.1) is 21.3 Å².